The summed E-state index contributed by atoms with van der Waals surface area (Å²) >= 11 is 5.84. The van der Waals surface area contributed by atoms with Crippen molar-refractivity contribution in [1.82, 2.24) is 0 Å². The topological polar surface area (TPSA) is 95.9 Å². The van der Waals surface area contributed by atoms with Gasteiger partial charge in [-0.15, -0.1) is 0 Å². The second-order valence-corrected chi connectivity index (χ2v) is 6.56. The summed E-state index contributed by atoms with van der Waals surface area (Å²) in [6, 6.07) is 9.88. The number of benzene rings is 2. The molecule has 0 aromatic heterocycles. The standard InChI is InChI=1S/C19H17ClN2O5/c1-10(17(23)21-14-6-4-13(20)5-7-14)22-15-9-12(19(25)26)3-8-16(15)27-11(2)18(22)24/h3-11H,1-2H3,(H,21,23)(H,25,26). The maximum absolute atomic E-state index is 12.7. The van der Waals surface area contributed by atoms with Crippen LogP contribution in [0.3, 0.4) is 0 Å². The first-order valence-corrected chi connectivity index (χ1v) is 8.59. The fraction of sp³-hybridized carbons (Fsp3) is 0.211. The Hall–Kier alpha value is -3.06. The van der Waals surface area contributed by atoms with E-state index in [9.17, 15) is 19.5 Å². The van der Waals surface area contributed by atoms with Crippen molar-refractivity contribution in [3.05, 3.63) is 53.1 Å². The van der Waals surface area contributed by atoms with Crippen molar-refractivity contribution in [3.8, 4) is 5.75 Å². The average molecular weight is 389 g/mol. The van der Waals surface area contributed by atoms with Crippen LogP contribution >= 0.6 is 11.6 Å². The largest absolute Gasteiger partial charge is 0.479 e. The molecule has 0 saturated carbocycles. The van der Waals surface area contributed by atoms with Gasteiger partial charge in [-0.2, -0.15) is 0 Å². The lowest BCUT2D eigenvalue weighted by Gasteiger charge is -2.36. The van der Waals surface area contributed by atoms with Crippen LogP contribution in [0.15, 0.2) is 42.5 Å². The molecule has 2 aromatic rings. The molecule has 2 N–H and O–H groups in total. The zero-order valence-electron chi connectivity index (χ0n) is 14.6. The van der Waals surface area contributed by atoms with Gasteiger partial charge in [-0.3, -0.25) is 14.5 Å². The lowest BCUT2D eigenvalue weighted by atomic mass is 10.1. The van der Waals surface area contributed by atoms with Crippen LogP contribution < -0.4 is 15.0 Å². The van der Waals surface area contributed by atoms with Gasteiger partial charge in [0.1, 0.15) is 11.8 Å². The first-order valence-electron chi connectivity index (χ1n) is 8.21. The Morgan fingerprint density at radius 1 is 1.22 bits per heavy atom. The number of nitrogens with one attached hydrogen (secondary N) is 1. The van der Waals surface area contributed by atoms with Crippen LogP contribution in [-0.2, 0) is 9.59 Å². The van der Waals surface area contributed by atoms with Crippen molar-refractivity contribution in [2.24, 2.45) is 0 Å². The van der Waals surface area contributed by atoms with Crippen LogP contribution in [-0.4, -0.2) is 35.0 Å². The molecule has 1 aliphatic heterocycles. The van der Waals surface area contributed by atoms with Gasteiger partial charge in [-0.1, -0.05) is 11.6 Å². The van der Waals surface area contributed by atoms with E-state index in [0.717, 1.165) is 0 Å². The second-order valence-electron chi connectivity index (χ2n) is 6.13. The third-order valence-electron chi connectivity index (χ3n) is 4.23. The molecule has 27 heavy (non-hydrogen) atoms. The predicted octanol–water partition coefficient (Wildman–Crippen LogP) is 3.18. The number of carboxylic acids is 1. The fourth-order valence-corrected chi connectivity index (χ4v) is 2.92. The number of carboxylic acid groups (broad SMARTS) is 1. The summed E-state index contributed by atoms with van der Waals surface area (Å²) in [5, 5.41) is 12.5. The Bertz CT molecular complexity index is 913. The Morgan fingerprint density at radius 2 is 1.89 bits per heavy atom. The van der Waals surface area contributed by atoms with Crippen LogP contribution in [0.2, 0.25) is 5.02 Å². The summed E-state index contributed by atoms with van der Waals surface area (Å²) in [7, 11) is 0. The summed E-state index contributed by atoms with van der Waals surface area (Å²) < 4.78 is 5.54. The van der Waals surface area contributed by atoms with Crippen molar-refractivity contribution in [2.75, 3.05) is 10.2 Å². The number of fused-ring (bicyclic) bond motifs is 1. The van der Waals surface area contributed by atoms with Gasteiger partial charge in [-0.05, 0) is 56.3 Å². The van der Waals surface area contributed by atoms with Gasteiger partial charge < -0.3 is 15.2 Å². The molecule has 3 rings (SSSR count). The van der Waals surface area contributed by atoms with Crippen LogP contribution in [0.25, 0.3) is 0 Å². The molecule has 1 heterocycles. The van der Waals surface area contributed by atoms with Gasteiger partial charge in [0.2, 0.25) is 5.91 Å². The zero-order valence-corrected chi connectivity index (χ0v) is 15.4. The number of halogens is 1. The van der Waals surface area contributed by atoms with Gasteiger partial charge in [0.25, 0.3) is 5.91 Å². The lowest BCUT2D eigenvalue weighted by molar-refractivity contribution is -0.128. The van der Waals surface area contributed by atoms with Crippen LogP contribution in [0.5, 0.6) is 5.75 Å². The molecule has 2 aromatic carbocycles. The number of ether oxygens (including phenoxy) is 1. The maximum atomic E-state index is 12.7. The van der Waals surface area contributed by atoms with Crippen molar-refractivity contribution in [2.45, 2.75) is 26.0 Å². The molecule has 2 amide bonds. The van der Waals surface area contributed by atoms with Crippen molar-refractivity contribution in [3.63, 3.8) is 0 Å². The Kier molecular flexibility index (Phi) is 5.05. The summed E-state index contributed by atoms with van der Waals surface area (Å²) in [4.78, 5) is 37.9. The van der Waals surface area contributed by atoms with E-state index < -0.39 is 29.9 Å². The molecule has 0 fully saturated rings. The molecule has 1 aliphatic rings. The summed E-state index contributed by atoms with van der Waals surface area (Å²) in [6.07, 6.45) is -0.793. The van der Waals surface area contributed by atoms with E-state index in [1.807, 2.05) is 0 Å². The van der Waals surface area contributed by atoms with Gasteiger partial charge in [0.05, 0.1) is 11.3 Å². The molecule has 0 spiro atoms. The zero-order chi connectivity index (χ0) is 19.7. The number of nitrogens with zero attached hydrogens (tertiary/aromatic N) is 1. The molecule has 7 nitrogen and oxygen atoms in total. The van der Waals surface area contributed by atoms with Crippen LogP contribution in [0.4, 0.5) is 11.4 Å². The summed E-state index contributed by atoms with van der Waals surface area (Å²) in [5.41, 5.74) is 0.774. The van der Waals surface area contributed by atoms with Crippen LogP contribution in [0.1, 0.15) is 24.2 Å². The number of carbonyl (C=O) groups is 3. The highest BCUT2D eigenvalue weighted by Crippen LogP contribution is 2.36. The molecular weight excluding hydrogens is 372 g/mol. The van der Waals surface area contributed by atoms with Crippen molar-refractivity contribution in [1.29, 1.82) is 0 Å². The van der Waals surface area contributed by atoms with Gasteiger partial charge in [0.15, 0.2) is 6.10 Å². The SMILES string of the molecule is CC1Oc2ccc(C(=O)O)cc2N(C(C)C(=O)Nc2ccc(Cl)cc2)C1=O. The molecule has 2 atom stereocenters. The normalized spacial score (nSPS) is 16.9. The second kappa shape index (κ2) is 7.28. The van der Waals surface area contributed by atoms with Gasteiger partial charge >= 0.3 is 5.97 Å². The molecule has 140 valence electrons. The Morgan fingerprint density at radius 3 is 2.52 bits per heavy atom. The monoisotopic (exact) mass is 388 g/mol. The molecule has 0 radical (unpaired) electrons. The maximum Gasteiger partial charge on any atom is 0.335 e. The van der Waals surface area contributed by atoms with E-state index in [-0.39, 0.29) is 11.3 Å². The molecule has 2 unspecified atom stereocenters. The van der Waals surface area contributed by atoms with Gasteiger partial charge in [0, 0.05) is 10.7 Å². The van der Waals surface area contributed by atoms with Crippen molar-refractivity contribution >= 4 is 40.8 Å². The molecule has 0 aliphatic carbocycles. The predicted molar refractivity (Wildman–Crippen MR) is 101 cm³/mol. The quantitative estimate of drug-likeness (QED) is 0.838. The van der Waals surface area contributed by atoms with Gasteiger partial charge in [-0.25, -0.2) is 4.79 Å². The van der Waals surface area contributed by atoms with E-state index in [2.05, 4.69) is 5.32 Å². The molecule has 8 heteroatoms. The third kappa shape index (κ3) is 3.73. The highest BCUT2D eigenvalue weighted by molar-refractivity contribution is 6.30. The Balaban J connectivity index is 1.92. The molecule has 0 saturated heterocycles. The number of carbonyl (C=O) groups excluding carboxylic acids is 2. The number of rotatable bonds is 4. The number of aromatic carboxylic acids is 1. The molecular formula is C19H17ClN2O5. The number of hydrogen-bond donors (Lipinski definition) is 2. The fourth-order valence-electron chi connectivity index (χ4n) is 2.79. The average Bonchev–Trinajstić information content (AvgIpc) is 2.63. The number of anilines is 2. The van der Waals surface area contributed by atoms with Crippen molar-refractivity contribution < 1.29 is 24.2 Å². The highest BCUT2D eigenvalue weighted by Gasteiger charge is 2.37. The Labute approximate surface area is 160 Å². The van der Waals surface area contributed by atoms with E-state index >= 15 is 0 Å². The first kappa shape index (κ1) is 18.7. The smallest absolute Gasteiger partial charge is 0.335 e. The van der Waals surface area contributed by atoms with E-state index in [4.69, 9.17) is 16.3 Å². The number of hydrogen-bond acceptors (Lipinski definition) is 4. The summed E-state index contributed by atoms with van der Waals surface area (Å²) in [6.45, 7) is 3.14. The summed E-state index contributed by atoms with van der Waals surface area (Å²) in [5.74, 6) is -1.64. The highest BCUT2D eigenvalue weighted by atomic mass is 35.5. The third-order valence-corrected chi connectivity index (χ3v) is 4.48. The minimum absolute atomic E-state index is 0.00462. The molecule has 0 bridgehead atoms. The lowest BCUT2D eigenvalue weighted by Crippen LogP contribution is -2.52. The minimum Gasteiger partial charge on any atom is -0.479 e. The van der Waals surface area contributed by atoms with E-state index in [1.165, 1.54) is 23.1 Å². The number of amides is 2. The first-order chi connectivity index (χ1) is 12.8. The minimum atomic E-state index is -1.14. The van der Waals surface area contributed by atoms with Crippen LogP contribution in [0, 0.1) is 0 Å². The van der Waals surface area contributed by atoms with E-state index in [1.54, 1.807) is 38.1 Å². The van der Waals surface area contributed by atoms with E-state index in [0.29, 0.717) is 16.5 Å².